The van der Waals surface area contributed by atoms with Gasteiger partial charge in [0.2, 0.25) is 0 Å². The summed E-state index contributed by atoms with van der Waals surface area (Å²) in [6, 6.07) is -0.250. The Kier molecular flexibility index (Phi) is 4.61. The lowest BCUT2D eigenvalue weighted by Crippen LogP contribution is -2.23. The van der Waals surface area contributed by atoms with Gasteiger partial charge >= 0.3 is 11.9 Å². The van der Waals surface area contributed by atoms with Crippen LogP contribution in [0, 0.1) is 5.92 Å². The molecule has 0 saturated heterocycles. The number of methoxy groups -OCH3 is 1. The summed E-state index contributed by atoms with van der Waals surface area (Å²) >= 11 is 5.09. The van der Waals surface area contributed by atoms with Crippen molar-refractivity contribution in [2.45, 2.75) is 6.92 Å². The molecule has 0 rings (SSSR count). The van der Waals surface area contributed by atoms with Crippen molar-refractivity contribution in [3.63, 3.8) is 0 Å². The first-order valence-corrected chi connectivity index (χ1v) is 3.47. The van der Waals surface area contributed by atoms with Gasteiger partial charge in [0, 0.05) is 0 Å². The van der Waals surface area contributed by atoms with Crippen molar-refractivity contribution in [3.8, 4) is 0 Å². The maximum absolute atomic E-state index is 10.7. The quantitative estimate of drug-likeness (QED) is 0.361. The molecule has 0 spiro atoms. The summed E-state index contributed by atoms with van der Waals surface area (Å²) in [7, 11) is 1.20. The molecule has 0 heterocycles. The van der Waals surface area contributed by atoms with Crippen LogP contribution >= 0.6 is 11.6 Å². The molecule has 0 aromatic rings. The number of hydrogen-bond acceptors (Lipinski definition) is 4. The second-order valence-electron chi connectivity index (χ2n) is 1.82. The van der Waals surface area contributed by atoms with Crippen LogP contribution in [0.5, 0.6) is 0 Å². The second kappa shape index (κ2) is 4.96. The molecule has 0 amide bonds. The van der Waals surface area contributed by atoms with E-state index < -0.39 is 17.9 Å². The minimum atomic E-state index is -0.904. The Hall–Kier alpha value is -0.770. The van der Waals surface area contributed by atoms with Crippen LogP contribution in [0.15, 0.2) is 0 Å². The molecule has 0 aliphatic carbocycles. The Labute approximate surface area is 69.4 Å². The van der Waals surface area contributed by atoms with Gasteiger partial charge in [0.25, 0.3) is 0 Å². The lowest BCUT2D eigenvalue weighted by atomic mass is 10.2. The monoisotopic (exact) mass is 180 g/mol. The molecule has 1 unspecified atom stereocenters. The van der Waals surface area contributed by atoms with E-state index in [1.807, 2.05) is 0 Å². The van der Waals surface area contributed by atoms with Crippen LogP contribution in [0.2, 0.25) is 0 Å². The predicted octanol–water partition coefficient (Wildman–Crippen LogP) is 0.535. The third-order valence-electron chi connectivity index (χ3n) is 1.11. The number of rotatable bonds is 3. The van der Waals surface area contributed by atoms with E-state index in [0.29, 0.717) is 0 Å². The number of esters is 2. The van der Waals surface area contributed by atoms with Gasteiger partial charge in [-0.05, 0) is 6.92 Å². The summed E-state index contributed by atoms with van der Waals surface area (Å²) in [5.74, 6) is -2.20. The highest BCUT2D eigenvalue weighted by Crippen LogP contribution is 2.01. The maximum Gasteiger partial charge on any atom is 0.321 e. The molecule has 64 valence electrons. The largest absolute Gasteiger partial charge is 0.468 e. The summed E-state index contributed by atoms with van der Waals surface area (Å²) in [6.45, 7) is 1.39. The van der Waals surface area contributed by atoms with E-state index in [1.165, 1.54) is 14.0 Å². The zero-order valence-corrected chi connectivity index (χ0v) is 7.05. The Balaban J connectivity index is 3.91. The minimum absolute atomic E-state index is 0.250. The molecule has 11 heavy (non-hydrogen) atoms. The molecule has 0 N–H and O–H groups in total. The Morgan fingerprint density at radius 3 is 2.36 bits per heavy atom. The molecule has 4 nitrogen and oxygen atoms in total. The number of alkyl halides is 1. The average molecular weight is 181 g/mol. The fraction of sp³-hybridized carbons (Fsp3) is 0.667. The smallest absolute Gasteiger partial charge is 0.321 e. The van der Waals surface area contributed by atoms with Crippen molar-refractivity contribution < 1.29 is 19.1 Å². The standard InChI is InChI=1S/C6H9ClO4/c1-4(5(8)10-2)6(9)11-3-7/h4H,3H2,1-2H3. The molecule has 0 bridgehead atoms. The van der Waals surface area contributed by atoms with Crippen molar-refractivity contribution in [3.05, 3.63) is 0 Å². The Morgan fingerprint density at radius 1 is 1.45 bits per heavy atom. The SMILES string of the molecule is COC(=O)C(C)C(=O)OCCl. The number of ether oxygens (including phenoxy) is 2. The van der Waals surface area contributed by atoms with E-state index in [4.69, 9.17) is 11.6 Å². The Morgan fingerprint density at radius 2 is 2.00 bits per heavy atom. The first-order valence-electron chi connectivity index (χ1n) is 2.94. The van der Waals surface area contributed by atoms with Crippen LogP contribution in [0.3, 0.4) is 0 Å². The summed E-state index contributed by atoms with van der Waals surface area (Å²) < 4.78 is 8.65. The van der Waals surface area contributed by atoms with Crippen LogP contribution in [-0.2, 0) is 19.1 Å². The number of hydrogen-bond donors (Lipinski definition) is 0. The first-order chi connectivity index (χ1) is 5.13. The van der Waals surface area contributed by atoms with E-state index >= 15 is 0 Å². The summed E-state index contributed by atoms with van der Waals surface area (Å²) in [6.07, 6.45) is 0. The molecule has 0 fully saturated rings. The highest BCUT2D eigenvalue weighted by molar-refractivity contribution is 6.17. The zero-order valence-electron chi connectivity index (χ0n) is 6.30. The third-order valence-corrected chi connectivity index (χ3v) is 1.21. The van der Waals surface area contributed by atoms with E-state index in [1.54, 1.807) is 0 Å². The maximum atomic E-state index is 10.7. The molecule has 1 atom stereocenters. The topological polar surface area (TPSA) is 52.6 Å². The van der Waals surface area contributed by atoms with E-state index in [0.717, 1.165) is 0 Å². The highest BCUT2D eigenvalue weighted by Gasteiger charge is 2.23. The van der Waals surface area contributed by atoms with Gasteiger partial charge in [-0.25, -0.2) is 0 Å². The van der Waals surface area contributed by atoms with Crippen molar-refractivity contribution in [1.29, 1.82) is 0 Å². The van der Waals surface area contributed by atoms with E-state index in [-0.39, 0.29) is 6.07 Å². The molecule has 0 aliphatic heterocycles. The van der Waals surface area contributed by atoms with Crippen molar-refractivity contribution in [2.24, 2.45) is 5.92 Å². The van der Waals surface area contributed by atoms with Crippen LogP contribution in [0.1, 0.15) is 6.92 Å². The fourth-order valence-electron chi connectivity index (χ4n) is 0.452. The second-order valence-corrected chi connectivity index (χ2v) is 2.04. The van der Waals surface area contributed by atoms with Crippen LogP contribution in [0.4, 0.5) is 0 Å². The molecule has 0 aliphatic rings. The van der Waals surface area contributed by atoms with Gasteiger partial charge in [-0.3, -0.25) is 9.59 Å². The molecular formula is C6H9ClO4. The van der Waals surface area contributed by atoms with Gasteiger partial charge in [0.05, 0.1) is 7.11 Å². The predicted molar refractivity (Wildman–Crippen MR) is 38.0 cm³/mol. The normalized spacial score (nSPS) is 11.9. The van der Waals surface area contributed by atoms with Gasteiger partial charge < -0.3 is 9.47 Å². The summed E-state index contributed by atoms with van der Waals surface area (Å²) in [5.41, 5.74) is 0. The summed E-state index contributed by atoms with van der Waals surface area (Å²) in [5, 5.41) is 0. The van der Waals surface area contributed by atoms with E-state index in [9.17, 15) is 9.59 Å². The zero-order chi connectivity index (χ0) is 8.85. The van der Waals surface area contributed by atoms with Crippen molar-refractivity contribution in [1.82, 2.24) is 0 Å². The lowest BCUT2D eigenvalue weighted by molar-refractivity contribution is -0.158. The van der Waals surface area contributed by atoms with Gasteiger partial charge in [0.15, 0.2) is 12.0 Å². The minimum Gasteiger partial charge on any atom is -0.468 e. The van der Waals surface area contributed by atoms with Crippen LogP contribution in [0.25, 0.3) is 0 Å². The Bertz CT molecular complexity index is 157. The lowest BCUT2D eigenvalue weighted by Gasteiger charge is -2.06. The summed E-state index contributed by atoms with van der Waals surface area (Å²) in [4.78, 5) is 21.4. The van der Waals surface area contributed by atoms with Gasteiger partial charge in [-0.1, -0.05) is 11.6 Å². The van der Waals surface area contributed by atoms with Crippen LogP contribution in [-0.4, -0.2) is 25.1 Å². The number of carbonyl (C=O) groups is 2. The van der Waals surface area contributed by atoms with E-state index in [2.05, 4.69) is 9.47 Å². The average Bonchev–Trinajstić information content (AvgIpc) is 2.02. The number of carbonyl (C=O) groups excluding carboxylic acids is 2. The van der Waals surface area contributed by atoms with Crippen molar-refractivity contribution >= 4 is 23.5 Å². The number of halogens is 1. The molecule has 0 saturated carbocycles. The molecule has 0 radical (unpaired) electrons. The molecule has 0 aromatic heterocycles. The third kappa shape index (κ3) is 3.23. The fourth-order valence-corrected chi connectivity index (χ4v) is 0.559. The molecule has 5 heteroatoms. The van der Waals surface area contributed by atoms with Crippen molar-refractivity contribution in [2.75, 3.05) is 13.2 Å². The highest BCUT2D eigenvalue weighted by atomic mass is 35.5. The molecule has 0 aromatic carbocycles. The van der Waals surface area contributed by atoms with Gasteiger partial charge in [-0.2, -0.15) is 0 Å². The van der Waals surface area contributed by atoms with Gasteiger partial charge in [0.1, 0.15) is 0 Å². The molecular weight excluding hydrogens is 172 g/mol. The first kappa shape index (κ1) is 10.2. The van der Waals surface area contributed by atoms with Crippen LogP contribution < -0.4 is 0 Å². The van der Waals surface area contributed by atoms with Gasteiger partial charge in [-0.15, -0.1) is 0 Å².